The Labute approximate surface area is 162 Å². The molecule has 0 spiro atoms. The van der Waals surface area contributed by atoms with Gasteiger partial charge in [-0.15, -0.1) is 11.3 Å². The number of aromatic amines is 1. The predicted molar refractivity (Wildman–Crippen MR) is 111 cm³/mol. The average molecular weight is 388 g/mol. The summed E-state index contributed by atoms with van der Waals surface area (Å²) >= 11 is 1.37. The zero-order chi connectivity index (χ0) is 19.6. The Hall–Kier alpha value is -2.38. The second-order valence-electron chi connectivity index (χ2n) is 6.47. The molecule has 0 amide bonds. The third kappa shape index (κ3) is 3.70. The van der Waals surface area contributed by atoms with Gasteiger partial charge >= 0.3 is 5.69 Å². The van der Waals surface area contributed by atoms with Crippen LogP contribution in [0.4, 0.5) is 0 Å². The monoisotopic (exact) mass is 387 g/mol. The van der Waals surface area contributed by atoms with Crippen molar-refractivity contribution in [3.8, 4) is 16.9 Å². The van der Waals surface area contributed by atoms with Crippen LogP contribution in [0.2, 0.25) is 0 Å². The molecule has 2 aromatic heterocycles. The minimum atomic E-state index is -0.357. The molecule has 2 heterocycles. The maximum atomic E-state index is 13.2. The van der Waals surface area contributed by atoms with Gasteiger partial charge in [-0.1, -0.05) is 25.5 Å². The summed E-state index contributed by atoms with van der Waals surface area (Å²) in [6.45, 7) is 8.94. The fourth-order valence-electron chi connectivity index (χ4n) is 3.27. The number of aryl methyl sites for hydroxylation is 1. The molecule has 144 valence electrons. The van der Waals surface area contributed by atoms with E-state index in [9.17, 15) is 9.59 Å². The number of hydrogen-bond donors (Lipinski definition) is 1. The number of likely N-dealkylation sites (N-methyl/N-ethyl adjacent to an activating group) is 1. The van der Waals surface area contributed by atoms with Crippen molar-refractivity contribution in [1.29, 1.82) is 0 Å². The lowest BCUT2D eigenvalue weighted by Crippen LogP contribution is -2.39. The van der Waals surface area contributed by atoms with Gasteiger partial charge in [-0.3, -0.25) is 14.3 Å². The number of methoxy groups -OCH3 is 1. The molecule has 27 heavy (non-hydrogen) atoms. The SMILES string of the molecule is CCN(CC)CCn1c(=O)[nH]c2scc(-c3cc(C)ccc3OC)c2c1=O. The van der Waals surface area contributed by atoms with Crippen molar-refractivity contribution < 1.29 is 4.74 Å². The summed E-state index contributed by atoms with van der Waals surface area (Å²) < 4.78 is 6.80. The summed E-state index contributed by atoms with van der Waals surface area (Å²) in [6, 6.07) is 5.88. The largest absolute Gasteiger partial charge is 0.496 e. The van der Waals surface area contributed by atoms with Crippen molar-refractivity contribution in [1.82, 2.24) is 14.5 Å². The summed E-state index contributed by atoms with van der Waals surface area (Å²) in [5, 5.41) is 2.46. The molecule has 0 atom stereocenters. The molecule has 0 aliphatic heterocycles. The van der Waals surface area contributed by atoms with Crippen LogP contribution in [-0.2, 0) is 6.54 Å². The molecule has 0 radical (unpaired) electrons. The fraction of sp³-hybridized carbons (Fsp3) is 0.400. The number of fused-ring (bicyclic) bond motifs is 1. The number of thiophene rings is 1. The number of nitrogens with zero attached hydrogens (tertiary/aromatic N) is 2. The van der Waals surface area contributed by atoms with E-state index < -0.39 is 0 Å². The topological polar surface area (TPSA) is 67.3 Å². The number of hydrogen-bond acceptors (Lipinski definition) is 5. The summed E-state index contributed by atoms with van der Waals surface area (Å²) in [5.74, 6) is 0.709. The van der Waals surface area contributed by atoms with E-state index in [1.165, 1.54) is 15.9 Å². The van der Waals surface area contributed by atoms with E-state index in [2.05, 4.69) is 23.7 Å². The first-order chi connectivity index (χ1) is 13.0. The molecule has 3 aromatic rings. The third-order valence-corrected chi connectivity index (χ3v) is 5.79. The van der Waals surface area contributed by atoms with Crippen molar-refractivity contribution in [3.05, 3.63) is 50.0 Å². The highest BCUT2D eigenvalue weighted by atomic mass is 32.1. The second kappa shape index (κ2) is 8.10. The van der Waals surface area contributed by atoms with E-state index in [0.29, 0.717) is 29.1 Å². The minimum absolute atomic E-state index is 0.249. The van der Waals surface area contributed by atoms with Crippen LogP contribution in [0.15, 0.2) is 33.2 Å². The maximum absolute atomic E-state index is 13.2. The van der Waals surface area contributed by atoms with Gasteiger partial charge in [-0.25, -0.2) is 4.79 Å². The molecule has 0 aliphatic carbocycles. The van der Waals surface area contributed by atoms with Crippen molar-refractivity contribution in [2.24, 2.45) is 0 Å². The van der Waals surface area contributed by atoms with E-state index in [0.717, 1.165) is 29.8 Å². The van der Waals surface area contributed by atoms with Crippen LogP contribution in [0.25, 0.3) is 21.3 Å². The molecule has 6 nitrogen and oxygen atoms in total. The first kappa shape index (κ1) is 19.4. The Balaban J connectivity index is 2.15. The molecule has 7 heteroatoms. The lowest BCUT2D eigenvalue weighted by molar-refractivity contribution is 0.287. The Morgan fingerprint density at radius 2 is 1.93 bits per heavy atom. The predicted octanol–water partition coefficient (Wildman–Crippen LogP) is 3.08. The summed E-state index contributed by atoms with van der Waals surface area (Å²) in [7, 11) is 1.62. The molecule has 1 aromatic carbocycles. The summed E-state index contributed by atoms with van der Waals surface area (Å²) in [5.41, 5.74) is 2.14. The van der Waals surface area contributed by atoms with Crippen LogP contribution >= 0.6 is 11.3 Å². The highest BCUT2D eigenvalue weighted by Gasteiger charge is 2.18. The first-order valence-corrected chi connectivity index (χ1v) is 9.99. The van der Waals surface area contributed by atoms with E-state index in [4.69, 9.17) is 4.74 Å². The number of nitrogens with one attached hydrogen (secondary N) is 1. The lowest BCUT2D eigenvalue weighted by atomic mass is 10.0. The smallest absolute Gasteiger partial charge is 0.329 e. The molecule has 0 aliphatic rings. The molecule has 1 N–H and O–H groups in total. The van der Waals surface area contributed by atoms with Crippen LogP contribution in [0.3, 0.4) is 0 Å². The van der Waals surface area contributed by atoms with Crippen molar-refractivity contribution in [2.75, 3.05) is 26.7 Å². The number of aromatic nitrogens is 2. The van der Waals surface area contributed by atoms with E-state index >= 15 is 0 Å². The quantitative estimate of drug-likeness (QED) is 0.677. The Morgan fingerprint density at radius 3 is 2.59 bits per heavy atom. The van der Waals surface area contributed by atoms with Crippen LogP contribution in [-0.4, -0.2) is 41.2 Å². The molecule has 0 bridgehead atoms. The molecule has 0 saturated carbocycles. The average Bonchev–Trinajstić information content (AvgIpc) is 3.08. The second-order valence-corrected chi connectivity index (χ2v) is 7.35. The molecule has 0 saturated heterocycles. The zero-order valence-corrected chi connectivity index (χ0v) is 17.0. The fourth-order valence-corrected chi connectivity index (χ4v) is 4.21. The molecular formula is C20H25N3O3S. The lowest BCUT2D eigenvalue weighted by Gasteiger charge is -2.18. The summed E-state index contributed by atoms with van der Waals surface area (Å²) in [4.78, 5) is 31.3. The Bertz CT molecular complexity index is 1060. The number of rotatable bonds is 7. The highest BCUT2D eigenvalue weighted by Crippen LogP contribution is 2.36. The Morgan fingerprint density at radius 1 is 1.19 bits per heavy atom. The normalized spacial score (nSPS) is 11.4. The van der Waals surface area contributed by atoms with E-state index in [1.54, 1.807) is 7.11 Å². The van der Waals surface area contributed by atoms with Gasteiger partial charge in [-0.2, -0.15) is 0 Å². The van der Waals surface area contributed by atoms with Gasteiger partial charge in [-0.05, 0) is 32.1 Å². The van der Waals surface area contributed by atoms with Crippen molar-refractivity contribution in [2.45, 2.75) is 27.3 Å². The first-order valence-electron chi connectivity index (χ1n) is 9.11. The van der Waals surface area contributed by atoms with E-state index in [1.807, 2.05) is 30.5 Å². The molecule has 0 unspecified atom stereocenters. The van der Waals surface area contributed by atoms with E-state index in [-0.39, 0.29) is 11.2 Å². The maximum Gasteiger partial charge on any atom is 0.329 e. The van der Waals surface area contributed by atoms with Gasteiger partial charge in [0.05, 0.1) is 12.5 Å². The van der Waals surface area contributed by atoms with Crippen molar-refractivity contribution in [3.63, 3.8) is 0 Å². The van der Waals surface area contributed by atoms with Crippen LogP contribution in [0.1, 0.15) is 19.4 Å². The molecule has 3 rings (SSSR count). The van der Waals surface area contributed by atoms with Gasteiger partial charge in [0.15, 0.2) is 0 Å². The van der Waals surface area contributed by atoms with Gasteiger partial charge < -0.3 is 9.64 Å². The molecular weight excluding hydrogens is 362 g/mol. The van der Waals surface area contributed by atoms with Gasteiger partial charge in [0.2, 0.25) is 0 Å². The zero-order valence-electron chi connectivity index (χ0n) is 16.2. The number of ether oxygens (including phenoxy) is 1. The minimum Gasteiger partial charge on any atom is -0.496 e. The van der Waals surface area contributed by atoms with Gasteiger partial charge in [0, 0.05) is 29.6 Å². The van der Waals surface area contributed by atoms with Crippen LogP contribution in [0, 0.1) is 6.92 Å². The third-order valence-electron chi connectivity index (χ3n) is 4.90. The number of H-pyrrole nitrogens is 1. The Kier molecular flexibility index (Phi) is 5.82. The summed E-state index contributed by atoms with van der Waals surface area (Å²) in [6.07, 6.45) is 0. The van der Waals surface area contributed by atoms with Crippen LogP contribution < -0.4 is 16.0 Å². The van der Waals surface area contributed by atoms with Crippen molar-refractivity contribution >= 4 is 21.6 Å². The standard InChI is InChI=1S/C20H25N3O3S/c1-5-22(6-2)9-10-23-19(24)17-15(12-27-18(17)21-20(23)25)14-11-13(3)7-8-16(14)26-4/h7-8,11-12H,5-6,9-10H2,1-4H3,(H,21,25). The van der Waals surface area contributed by atoms with Gasteiger partial charge in [0.25, 0.3) is 5.56 Å². The van der Waals surface area contributed by atoms with Crippen LogP contribution in [0.5, 0.6) is 5.75 Å². The van der Waals surface area contributed by atoms with Gasteiger partial charge in [0.1, 0.15) is 10.6 Å². The molecule has 0 fully saturated rings. The highest BCUT2D eigenvalue weighted by molar-refractivity contribution is 7.17. The number of benzene rings is 1.